The smallest absolute Gasteiger partial charge is 0.128 e. The van der Waals surface area contributed by atoms with Crippen molar-refractivity contribution in [1.82, 2.24) is 10.3 Å². The van der Waals surface area contributed by atoms with Gasteiger partial charge in [-0.1, -0.05) is 6.92 Å². The number of aryl methyl sites for hydroxylation is 1. The number of anilines is 1. The van der Waals surface area contributed by atoms with E-state index in [4.69, 9.17) is 10.5 Å². The molecule has 0 aliphatic rings. The molecular weight excluding hydrogens is 202 g/mol. The van der Waals surface area contributed by atoms with Crippen molar-refractivity contribution in [2.45, 2.75) is 26.8 Å². The number of ether oxygens (including phenoxy) is 1. The summed E-state index contributed by atoms with van der Waals surface area (Å²) in [5.41, 5.74) is 8.12. The average molecular weight is 223 g/mol. The van der Waals surface area contributed by atoms with Crippen molar-refractivity contribution in [2.24, 2.45) is 0 Å². The van der Waals surface area contributed by atoms with Crippen molar-refractivity contribution in [3.63, 3.8) is 0 Å². The highest BCUT2D eigenvalue weighted by molar-refractivity contribution is 5.46. The molecule has 16 heavy (non-hydrogen) atoms. The fraction of sp³-hybridized carbons (Fsp3) is 0.583. The topological polar surface area (TPSA) is 60.2 Å². The van der Waals surface area contributed by atoms with Crippen molar-refractivity contribution in [1.29, 1.82) is 0 Å². The molecule has 1 unspecified atom stereocenters. The lowest BCUT2D eigenvalue weighted by atomic mass is 10.0. The molecule has 0 radical (unpaired) electrons. The van der Waals surface area contributed by atoms with E-state index in [1.165, 1.54) is 0 Å². The quantitative estimate of drug-likeness (QED) is 0.770. The molecule has 0 saturated heterocycles. The molecule has 4 heteroatoms. The molecule has 1 atom stereocenters. The van der Waals surface area contributed by atoms with E-state index >= 15 is 0 Å². The van der Waals surface area contributed by atoms with E-state index in [0.717, 1.165) is 17.7 Å². The number of rotatable bonds is 6. The van der Waals surface area contributed by atoms with E-state index in [1.807, 2.05) is 19.9 Å². The first-order valence-electron chi connectivity index (χ1n) is 5.72. The SMILES string of the molecule is CCNC(COCC)c1c(C)ccnc1N. The summed E-state index contributed by atoms with van der Waals surface area (Å²) in [5, 5.41) is 3.37. The van der Waals surface area contributed by atoms with Crippen LogP contribution >= 0.6 is 0 Å². The lowest BCUT2D eigenvalue weighted by Crippen LogP contribution is -2.27. The molecule has 0 fully saturated rings. The van der Waals surface area contributed by atoms with E-state index < -0.39 is 0 Å². The van der Waals surface area contributed by atoms with Crippen LogP contribution in [0.2, 0.25) is 0 Å². The Morgan fingerprint density at radius 2 is 2.25 bits per heavy atom. The van der Waals surface area contributed by atoms with Crippen molar-refractivity contribution in [2.75, 3.05) is 25.5 Å². The Morgan fingerprint density at radius 1 is 1.50 bits per heavy atom. The minimum atomic E-state index is 0.124. The summed E-state index contributed by atoms with van der Waals surface area (Å²) in [4.78, 5) is 4.13. The predicted octanol–water partition coefficient (Wildman–Crippen LogP) is 1.66. The normalized spacial score (nSPS) is 12.7. The summed E-state index contributed by atoms with van der Waals surface area (Å²) in [6.07, 6.45) is 1.73. The summed E-state index contributed by atoms with van der Waals surface area (Å²) in [6.45, 7) is 8.32. The number of nitrogens with one attached hydrogen (secondary N) is 1. The fourth-order valence-electron chi connectivity index (χ4n) is 1.77. The third-order valence-electron chi connectivity index (χ3n) is 2.53. The Bertz CT molecular complexity index is 308. The molecule has 0 bridgehead atoms. The van der Waals surface area contributed by atoms with Gasteiger partial charge in [-0.25, -0.2) is 4.98 Å². The van der Waals surface area contributed by atoms with Gasteiger partial charge in [0.05, 0.1) is 12.6 Å². The van der Waals surface area contributed by atoms with Crippen LogP contribution < -0.4 is 11.1 Å². The van der Waals surface area contributed by atoms with Gasteiger partial charge in [0.2, 0.25) is 0 Å². The van der Waals surface area contributed by atoms with E-state index in [2.05, 4.69) is 17.2 Å². The van der Waals surface area contributed by atoms with Crippen LogP contribution in [0.25, 0.3) is 0 Å². The van der Waals surface area contributed by atoms with Crippen LogP contribution in [0, 0.1) is 6.92 Å². The fourth-order valence-corrected chi connectivity index (χ4v) is 1.77. The summed E-state index contributed by atoms with van der Waals surface area (Å²) in [5.74, 6) is 0.589. The standard InChI is InChI=1S/C12H21N3O/c1-4-14-10(8-16-5-2)11-9(3)6-7-15-12(11)13/h6-7,10,14H,4-5,8H2,1-3H3,(H2,13,15). The highest BCUT2D eigenvalue weighted by Gasteiger charge is 2.16. The van der Waals surface area contributed by atoms with E-state index in [0.29, 0.717) is 19.0 Å². The molecule has 1 aromatic heterocycles. The van der Waals surface area contributed by atoms with Crippen LogP contribution in [-0.2, 0) is 4.74 Å². The van der Waals surface area contributed by atoms with Gasteiger partial charge < -0.3 is 15.8 Å². The second-order valence-electron chi connectivity index (χ2n) is 3.70. The Morgan fingerprint density at radius 3 is 2.81 bits per heavy atom. The van der Waals surface area contributed by atoms with E-state index in [-0.39, 0.29) is 6.04 Å². The third-order valence-corrected chi connectivity index (χ3v) is 2.53. The lowest BCUT2D eigenvalue weighted by Gasteiger charge is -2.21. The van der Waals surface area contributed by atoms with Gasteiger partial charge in [-0.2, -0.15) is 0 Å². The van der Waals surface area contributed by atoms with Gasteiger partial charge in [-0.05, 0) is 32.0 Å². The summed E-state index contributed by atoms with van der Waals surface area (Å²) in [7, 11) is 0. The maximum Gasteiger partial charge on any atom is 0.128 e. The van der Waals surface area contributed by atoms with Crippen LogP contribution in [0.5, 0.6) is 0 Å². The number of hydrogen-bond acceptors (Lipinski definition) is 4. The molecule has 0 amide bonds. The first kappa shape index (κ1) is 12.9. The number of nitrogen functional groups attached to an aromatic ring is 1. The van der Waals surface area contributed by atoms with Gasteiger partial charge >= 0.3 is 0 Å². The lowest BCUT2D eigenvalue weighted by molar-refractivity contribution is 0.123. The number of nitrogens with zero attached hydrogens (tertiary/aromatic N) is 1. The molecule has 0 aliphatic carbocycles. The third kappa shape index (κ3) is 3.18. The Hall–Kier alpha value is -1.13. The molecule has 0 spiro atoms. The molecular formula is C12H21N3O. The number of hydrogen-bond donors (Lipinski definition) is 2. The largest absolute Gasteiger partial charge is 0.383 e. The zero-order valence-corrected chi connectivity index (χ0v) is 10.3. The highest BCUT2D eigenvalue weighted by Crippen LogP contribution is 2.22. The first-order chi connectivity index (χ1) is 7.70. The van der Waals surface area contributed by atoms with Crippen LogP contribution in [0.3, 0.4) is 0 Å². The monoisotopic (exact) mass is 223 g/mol. The molecule has 0 aliphatic heterocycles. The van der Waals surface area contributed by atoms with Crippen molar-refractivity contribution < 1.29 is 4.74 Å². The van der Waals surface area contributed by atoms with E-state index in [9.17, 15) is 0 Å². The molecule has 1 heterocycles. The van der Waals surface area contributed by atoms with Crippen LogP contribution in [0.4, 0.5) is 5.82 Å². The van der Waals surface area contributed by atoms with Gasteiger partial charge in [-0.3, -0.25) is 0 Å². The number of pyridine rings is 1. The summed E-state index contributed by atoms with van der Waals surface area (Å²) < 4.78 is 5.47. The van der Waals surface area contributed by atoms with Gasteiger partial charge in [0, 0.05) is 18.4 Å². The maximum absolute atomic E-state index is 5.92. The molecule has 0 aromatic carbocycles. The van der Waals surface area contributed by atoms with Crippen LogP contribution in [0.15, 0.2) is 12.3 Å². The highest BCUT2D eigenvalue weighted by atomic mass is 16.5. The average Bonchev–Trinajstić information content (AvgIpc) is 2.25. The summed E-state index contributed by atoms with van der Waals surface area (Å²) >= 11 is 0. The minimum Gasteiger partial charge on any atom is -0.383 e. The summed E-state index contributed by atoms with van der Waals surface area (Å²) in [6, 6.07) is 2.10. The first-order valence-corrected chi connectivity index (χ1v) is 5.72. The van der Waals surface area contributed by atoms with E-state index in [1.54, 1.807) is 6.20 Å². The van der Waals surface area contributed by atoms with Crippen LogP contribution in [-0.4, -0.2) is 24.7 Å². The van der Waals surface area contributed by atoms with Gasteiger partial charge in [0.15, 0.2) is 0 Å². The van der Waals surface area contributed by atoms with Gasteiger partial charge in [0.25, 0.3) is 0 Å². The second kappa shape index (κ2) is 6.45. The Labute approximate surface area is 97.2 Å². The number of nitrogens with two attached hydrogens (primary N) is 1. The van der Waals surface area contributed by atoms with Crippen LogP contribution in [0.1, 0.15) is 31.0 Å². The maximum atomic E-state index is 5.92. The Kier molecular flexibility index (Phi) is 5.22. The van der Waals surface area contributed by atoms with Gasteiger partial charge in [0.1, 0.15) is 5.82 Å². The number of likely N-dealkylation sites (N-methyl/N-ethyl adjacent to an activating group) is 1. The van der Waals surface area contributed by atoms with Crippen molar-refractivity contribution in [3.05, 3.63) is 23.4 Å². The molecule has 4 nitrogen and oxygen atoms in total. The predicted molar refractivity (Wildman–Crippen MR) is 66.3 cm³/mol. The Balaban J connectivity index is 2.90. The zero-order chi connectivity index (χ0) is 12.0. The molecule has 90 valence electrons. The zero-order valence-electron chi connectivity index (χ0n) is 10.3. The minimum absolute atomic E-state index is 0.124. The van der Waals surface area contributed by atoms with Gasteiger partial charge in [-0.15, -0.1) is 0 Å². The molecule has 1 aromatic rings. The molecule has 0 saturated carbocycles. The van der Waals surface area contributed by atoms with Crippen molar-refractivity contribution in [3.8, 4) is 0 Å². The number of aromatic nitrogens is 1. The molecule has 3 N–H and O–H groups in total. The van der Waals surface area contributed by atoms with Crippen molar-refractivity contribution >= 4 is 5.82 Å². The second-order valence-corrected chi connectivity index (χ2v) is 3.70. The molecule has 1 rings (SSSR count).